The first-order valence-corrected chi connectivity index (χ1v) is 16.0. The minimum Gasteiger partial charge on any atom is -0.390 e. The SMILES string of the molecule is CCNc1cc(C(=O)N[C@@H](Cc2ccccc2)[C@@H](O)CNCCCCC(C)C)cc(N2CCCCS2(O)O)c1. The van der Waals surface area contributed by atoms with Gasteiger partial charge in [0.25, 0.3) is 5.91 Å². The summed E-state index contributed by atoms with van der Waals surface area (Å²) in [5.74, 6) is 0.715. The van der Waals surface area contributed by atoms with E-state index in [0.29, 0.717) is 49.0 Å². The largest absolute Gasteiger partial charge is 0.390 e. The van der Waals surface area contributed by atoms with Gasteiger partial charge in [-0.2, -0.15) is 0 Å². The van der Waals surface area contributed by atoms with Gasteiger partial charge in [-0.1, -0.05) is 57.0 Å². The van der Waals surface area contributed by atoms with E-state index in [1.54, 1.807) is 16.4 Å². The monoisotopic (exact) mass is 560 g/mol. The van der Waals surface area contributed by atoms with E-state index in [9.17, 15) is 19.0 Å². The fourth-order valence-corrected chi connectivity index (χ4v) is 6.57. The summed E-state index contributed by atoms with van der Waals surface area (Å²) < 4.78 is 23.0. The Morgan fingerprint density at radius 3 is 2.54 bits per heavy atom. The molecular formula is C30H48N4O4S. The van der Waals surface area contributed by atoms with Crippen LogP contribution in [0.4, 0.5) is 11.4 Å². The molecule has 9 heteroatoms. The van der Waals surface area contributed by atoms with Crippen molar-refractivity contribution in [1.29, 1.82) is 0 Å². The van der Waals surface area contributed by atoms with Gasteiger partial charge in [-0.3, -0.25) is 18.2 Å². The molecule has 8 nitrogen and oxygen atoms in total. The quantitative estimate of drug-likeness (QED) is 0.159. The second-order valence-electron chi connectivity index (χ2n) is 10.9. The molecule has 1 aliphatic rings. The Hall–Kier alpha value is -2.30. The average Bonchev–Trinajstić information content (AvgIpc) is 2.90. The summed E-state index contributed by atoms with van der Waals surface area (Å²) in [6.45, 7) is 8.83. The van der Waals surface area contributed by atoms with Crippen molar-refractivity contribution in [2.75, 3.05) is 41.6 Å². The van der Waals surface area contributed by atoms with Crippen LogP contribution in [0.3, 0.4) is 0 Å². The highest BCUT2D eigenvalue weighted by atomic mass is 32.3. The van der Waals surface area contributed by atoms with Gasteiger partial charge in [-0.15, -0.1) is 10.8 Å². The minimum absolute atomic E-state index is 0.304. The molecule has 2 aromatic rings. The molecule has 1 saturated heterocycles. The van der Waals surface area contributed by atoms with E-state index in [1.807, 2.05) is 43.3 Å². The van der Waals surface area contributed by atoms with Crippen LogP contribution in [0.1, 0.15) is 68.8 Å². The molecule has 2 aromatic carbocycles. The lowest BCUT2D eigenvalue weighted by Gasteiger charge is -2.47. The van der Waals surface area contributed by atoms with E-state index in [0.717, 1.165) is 43.5 Å². The zero-order chi connectivity index (χ0) is 28.3. The number of hydrogen-bond acceptors (Lipinski definition) is 7. The average molecular weight is 561 g/mol. The predicted molar refractivity (Wildman–Crippen MR) is 164 cm³/mol. The summed E-state index contributed by atoms with van der Waals surface area (Å²) in [6, 6.07) is 14.7. The van der Waals surface area contributed by atoms with Crippen molar-refractivity contribution in [3.8, 4) is 0 Å². The number of aliphatic hydroxyl groups excluding tert-OH is 1. The van der Waals surface area contributed by atoms with Gasteiger partial charge in [0.2, 0.25) is 0 Å². The lowest BCUT2D eigenvalue weighted by atomic mass is 10.00. The predicted octanol–water partition coefficient (Wildman–Crippen LogP) is 5.50. The summed E-state index contributed by atoms with van der Waals surface area (Å²) in [6.07, 6.45) is 4.74. The summed E-state index contributed by atoms with van der Waals surface area (Å²) in [7, 11) is -2.92. The van der Waals surface area contributed by atoms with Crippen molar-refractivity contribution in [1.82, 2.24) is 10.6 Å². The number of nitrogens with one attached hydrogen (secondary N) is 3. The number of carbonyl (C=O) groups excluding carboxylic acids is 1. The number of nitrogens with zero attached hydrogens (tertiary/aromatic N) is 1. The third-order valence-corrected chi connectivity index (χ3v) is 8.98. The number of amides is 1. The van der Waals surface area contributed by atoms with Crippen molar-refractivity contribution in [2.24, 2.45) is 5.92 Å². The number of unbranched alkanes of at least 4 members (excludes halogenated alkanes) is 1. The molecule has 0 aromatic heterocycles. The van der Waals surface area contributed by atoms with Crippen LogP contribution in [0, 0.1) is 5.92 Å². The van der Waals surface area contributed by atoms with Crippen LogP contribution in [-0.2, 0) is 6.42 Å². The van der Waals surface area contributed by atoms with E-state index in [4.69, 9.17) is 0 Å². The smallest absolute Gasteiger partial charge is 0.251 e. The van der Waals surface area contributed by atoms with E-state index in [-0.39, 0.29) is 5.91 Å². The highest BCUT2D eigenvalue weighted by Crippen LogP contribution is 2.50. The van der Waals surface area contributed by atoms with Crippen LogP contribution in [0.25, 0.3) is 0 Å². The fraction of sp³-hybridized carbons (Fsp3) is 0.567. The van der Waals surface area contributed by atoms with Crippen LogP contribution < -0.4 is 20.3 Å². The lowest BCUT2D eigenvalue weighted by molar-refractivity contribution is 0.0830. The van der Waals surface area contributed by atoms with Gasteiger partial charge in [-0.25, -0.2) is 0 Å². The summed E-state index contributed by atoms with van der Waals surface area (Å²) >= 11 is 0. The third-order valence-electron chi connectivity index (χ3n) is 7.05. The van der Waals surface area contributed by atoms with E-state index < -0.39 is 22.9 Å². The van der Waals surface area contributed by atoms with Crippen molar-refractivity contribution in [3.63, 3.8) is 0 Å². The number of benzene rings is 2. The molecule has 1 fully saturated rings. The van der Waals surface area contributed by atoms with Crippen molar-refractivity contribution in [3.05, 3.63) is 59.7 Å². The molecule has 1 heterocycles. The topological polar surface area (TPSA) is 117 Å². The Morgan fingerprint density at radius 1 is 1.08 bits per heavy atom. The van der Waals surface area contributed by atoms with E-state index in [1.165, 1.54) is 6.42 Å². The maximum Gasteiger partial charge on any atom is 0.251 e. The standard InChI is InChI=1S/C30H48N4O4S/c1-4-32-26-19-25(20-27(21-26)34-16-10-11-17-39(34,37)38)30(36)33-28(18-24-13-6-5-7-14-24)29(35)22-31-15-9-8-12-23(2)3/h5-7,13-14,19-21,23,28-29,31-32,35,37-38H,4,8-12,15-18,22H2,1-3H3,(H,33,36)/t28-,29-/m0/s1. The Bertz CT molecular complexity index is 1020. The number of hydrogen-bond donors (Lipinski definition) is 6. The molecule has 6 N–H and O–H groups in total. The van der Waals surface area contributed by atoms with Crippen LogP contribution in [0.5, 0.6) is 0 Å². The molecule has 2 atom stereocenters. The molecule has 1 amide bonds. The zero-order valence-corrected chi connectivity index (χ0v) is 24.6. The van der Waals surface area contributed by atoms with Crippen LogP contribution >= 0.6 is 10.8 Å². The Morgan fingerprint density at radius 2 is 1.85 bits per heavy atom. The molecule has 0 spiro atoms. The molecule has 0 bridgehead atoms. The molecule has 1 aliphatic heterocycles. The maximum absolute atomic E-state index is 13.6. The molecule has 218 valence electrons. The minimum atomic E-state index is -2.92. The van der Waals surface area contributed by atoms with Gasteiger partial charge in [-0.05, 0) is 68.8 Å². The number of rotatable bonds is 15. The third kappa shape index (κ3) is 9.99. The van der Waals surface area contributed by atoms with Crippen molar-refractivity contribution in [2.45, 2.75) is 71.4 Å². The maximum atomic E-state index is 13.6. The van der Waals surface area contributed by atoms with Gasteiger partial charge in [0.05, 0.1) is 23.6 Å². The Kier molecular flexibility index (Phi) is 12.4. The second-order valence-corrected chi connectivity index (χ2v) is 13.0. The molecular weight excluding hydrogens is 512 g/mol. The summed E-state index contributed by atoms with van der Waals surface area (Å²) in [5, 5.41) is 20.8. The van der Waals surface area contributed by atoms with Crippen molar-refractivity contribution >= 4 is 28.1 Å². The van der Waals surface area contributed by atoms with Gasteiger partial charge in [0, 0.05) is 30.9 Å². The van der Waals surface area contributed by atoms with Crippen molar-refractivity contribution < 1.29 is 19.0 Å². The molecule has 39 heavy (non-hydrogen) atoms. The summed E-state index contributed by atoms with van der Waals surface area (Å²) in [5.41, 5.74) is 2.80. The molecule has 0 aliphatic carbocycles. The second kappa shape index (κ2) is 15.5. The van der Waals surface area contributed by atoms with Crippen LogP contribution in [-0.4, -0.2) is 64.2 Å². The number of carbonyl (C=O) groups is 1. The van der Waals surface area contributed by atoms with Crippen LogP contribution in [0.15, 0.2) is 48.5 Å². The number of anilines is 2. The van der Waals surface area contributed by atoms with Gasteiger partial charge < -0.3 is 21.1 Å². The van der Waals surface area contributed by atoms with E-state index >= 15 is 0 Å². The summed E-state index contributed by atoms with van der Waals surface area (Å²) in [4.78, 5) is 13.6. The van der Waals surface area contributed by atoms with Gasteiger partial charge in [0.1, 0.15) is 0 Å². The fourth-order valence-electron chi connectivity index (χ4n) is 4.90. The Labute approximate surface area is 236 Å². The molecule has 0 unspecified atom stereocenters. The normalized spacial score (nSPS) is 17.5. The first-order valence-electron chi connectivity index (χ1n) is 14.4. The van der Waals surface area contributed by atoms with E-state index in [2.05, 4.69) is 29.8 Å². The van der Waals surface area contributed by atoms with Crippen LogP contribution in [0.2, 0.25) is 0 Å². The van der Waals surface area contributed by atoms with Gasteiger partial charge in [0.15, 0.2) is 0 Å². The van der Waals surface area contributed by atoms with Gasteiger partial charge >= 0.3 is 0 Å². The molecule has 3 rings (SSSR count). The Balaban J connectivity index is 1.75. The lowest BCUT2D eigenvalue weighted by Crippen LogP contribution is -2.49. The first kappa shape index (κ1) is 31.2. The molecule has 0 radical (unpaired) electrons. The zero-order valence-electron chi connectivity index (χ0n) is 23.7. The highest BCUT2D eigenvalue weighted by Gasteiger charge is 2.28. The number of aliphatic hydroxyl groups is 1. The first-order chi connectivity index (χ1) is 18.7. The highest BCUT2D eigenvalue weighted by molar-refractivity contribution is 8.25. The molecule has 0 saturated carbocycles.